The number of hydrazone groups is 1. The number of methoxy groups -OCH3 is 1. The molecule has 0 bridgehead atoms. The van der Waals surface area contributed by atoms with Crippen molar-refractivity contribution in [3.63, 3.8) is 0 Å². The molecule has 3 rings (SSSR count). The van der Waals surface area contributed by atoms with Gasteiger partial charge in [0, 0.05) is 12.2 Å². The number of carbonyl (C=O) groups excluding carboxylic acids is 3. The highest BCUT2D eigenvalue weighted by Crippen LogP contribution is 2.33. The van der Waals surface area contributed by atoms with Crippen LogP contribution in [0.1, 0.15) is 29.2 Å². The maximum atomic E-state index is 12.3. The SMILES string of the molecule is CCc1ccc(NC(=O)COc2c(I)cc(/C=N\NC(=O)C(=O)NCc3ccc(C)cc3)cc2OC)cc1. The summed E-state index contributed by atoms with van der Waals surface area (Å²) < 4.78 is 11.8. The fourth-order valence-corrected chi connectivity index (χ4v) is 4.08. The van der Waals surface area contributed by atoms with E-state index in [4.69, 9.17) is 9.47 Å². The molecule has 0 radical (unpaired) electrons. The maximum Gasteiger partial charge on any atom is 0.329 e. The zero-order chi connectivity index (χ0) is 27.5. The molecule has 3 N–H and O–H groups in total. The predicted molar refractivity (Wildman–Crippen MR) is 154 cm³/mol. The number of nitrogens with zero attached hydrogens (tertiary/aromatic N) is 1. The average Bonchev–Trinajstić information content (AvgIpc) is 2.92. The van der Waals surface area contributed by atoms with Crippen LogP contribution in [0.25, 0.3) is 0 Å². The van der Waals surface area contributed by atoms with Gasteiger partial charge in [-0.15, -0.1) is 0 Å². The number of rotatable bonds is 10. The van der Waals surface area contributed by atoms with Gasteiger partial charge in [0.2, 0.25) is 0 Å². The number of carbonyl (C=O) groups is 3. The second-order valence-corrected chi connectivity index (χ2v) is 9.45. The van der Waals surface area contributed by atoms with Gasteiger partial charge < -0.3 is 20.1 Å². The zero-order valence-corrected chi connectivity index (χ0v) is 23.5. The Balaban J connectivity index is 1.53. The summed E-state index contributed by atoms with van der Waals surface area (Å²) in [6.45, 7) is 4.06. The molecule has 38 heavy (non-hydrogen) atoms. The van der Waals surface area contributed by atoms with Crippen molar-refractivity contribution in [1.82, 2.24) is 10.7 Å². The molecular formula is C28H29IN4O5. The summed E-state index contributed by atoms with van der Waals surface area (Å²) in [5.41, 5.74) is 6.67. The van der Waals surface area contributed by atoms with Crippen molar-refractivity contribution in [3.05, 3.63) is 86.5 Å². The summed E-state index contributed by atoms with van der Waals surface area (Å²) in [6, 6.07) is 18.6. The highest BCUT2D eigenvalue weighted by molar-refractivity contribution is 14.1. The Morgan fingerprint density at radius 3 is 2.32 bits per heavy atom. The number of hydrogen-bond donors (Lipinski definition) is 3. The van der Waals surface area contributed by atoms with Crippen LogP contribution in [0.2, 0.25) is 0 Å². The number of amides is 3. The van der Waals surface area contributed by atoms with Gasteiger partial charge in [0.25, 0.3) is 5.91 Å². The summed E-state index contributed by atoms with van der Waals surface area (Å²) >= 11 is 2.06. The first-order chi connectivity index (χ1) is 18.3. The number of benzene rings is 3. The van der Waals surface area contributed by atoms with Crippen LogP contribution in [-0.4, -0.2) is 37.7 Å². The van der Waals surface area contributed by atoms with Crippen molar-refractivity contribution >= 4 is 52.2 Å². The van der Waals surface area contributed by atoms with E-state index in [0.29, 0.717) is 26.3 Å². The van der Waals surface area contributed by atoms with Gasteiger partial charge in [-0.2, -0.15) is 5.10 Å². The first kappa shape index (κ1) is 28.6. The molecule has 9 nitrogen and oxygen atoms in total. The second kappa shape index (κ2) is 14.1. The predicted octanol–water partition coefficient (Wildman–Crippen LogP) is 3.95. The maximum absolute atomic E-state index is 12.3. The fourth-order valence-electron chi connectivity index (χ4n) is 3.30. The van der Waals surface area contributed by atoms with E-state index in [1.54, 1.807) is 12.1 Å². The lowest BCUT2D eigenvalue weighted by molar-refractivity contribution is -0.139. The van der Waals surface area contributed by atoms with Crippen LogP contribution in [-0.2, 0) is 27.3 Å². The van der Waals surface area contributed by atoms with Gasteiger partial charge in [0.1, 0.15) is 0 Å². The molecule has 0 unspecified atom stereocenters. The molecule has 0 heterocycles. The standard InChI is InChI=1S/C28H29IN4O5/c1-4-19-9-11-22(12-10-19)32-25(34)17-38-26-23(29)13-21(14-24(26)37-3)16-31-33-28(36)27(35)30-15-20-7-5-18(2)6-8-20/h5-14,16H,4,15,17H2,1-3H3,(H,30,35)(H,32,34)(H,33,36)/b31-16-. The van der Waals surface area contributed by atoms with E-state index in [0.717, 1.165) is 17.5 Å². The molecule has 0 aliphatic heterocycles. The van der Waals surface area contributed by atoms with E-state index >= 15 is 0 Å². The largest absolute Gasteiger partial charge is 0.493 e. The monoisotopic (exact) mass is 628 g/mol. The molecule has 0 aliphatic rings. The summed E-state index contributed by atoms with van der Waals surface area (Å²) in [5.74, 6) is -1.19. The Kier molecular flexibility index (Phi) is 10.6. The Hall–Kier alpha value is -3.93. The van der Waals surface area contributed by atoms with Gasteiger partial charge in [-0.1, -0.05) is 48.9 Å². The highest BCUT2D eigenvalue weighted by atomic mass is 127. The molecular weight excluding hydrogens is 599 g/mol. The van der Waals surface area contributed by atoms with Crippen LogP contribution in [0.4, 0.5) is 5.69 Å². The minimum absolute atomic E-state index is 0.205. The smallest absolute Gasteiger partial charge is 0.329 e. The van der Waals surface area contributed by atoms with Crippen LogP contribution in [0.5, 0.6) is 11.5 Å². The Bertz CT molecular complexity index is 1310. The van der Waals surface area contributed by atoms with Crippen molar-refractivity contribution < 1.29 is 23.9 Å². The zero-order valence-electron chi connectivity index (χ0n) is 21.3. The van der Waals surface area contributed by atoms with Crippen molar-refractivity contribution in [1.29, 1.82) is 0 Å². The number of aryl methyl sites for hydroxylation is 2. The van der Waals surface area contributed by atoms with Crippen LogP contribution in [0.15, 0.2) is 65.8 Å². The molecule has 10 heteroatoms. The third-order valence-electron chi connectivity index (χ3n) is 5.40. The Morgan fingerprint density at radius 1 is 0.974 bits per heavy atom. The molecule has 0 aliphatic carbocycles. The van der Waals surface area contributed by atoms with Crippen LogP contribution in [0, 0.1) is 10.5 Å². The van der Waals surface area contributed by atoms with Crippen LogP contribution >= 0.6 is 22.6 Å². The van der Waals surface area contributed by atoms with Crippen molar-refractivity contribution in [3.8, 4) is 11.5 Å². The minimum atomic E-state index is -0.884. The number of ether oxygens (including phenoxy) is 2. The summed E-state index contributed by atoms with van der Waals surface area (Å²) in [7, 11) is 1.48. The molecule has 198 valence electrons. The van der Waals surface area contributed by atoms with E-state index < -0.39 is 11.8 Å². The van der Waals surface area contributed by atoms with Gasteiger partial charge in [-0.05, 0) is 76.9 Å². The van der Waals surface area contributed by atoms with Crippen LogP contribution in [0.3, 0.4) is 0 Å². The summed E-state index contributed by atoms with van der Waals surface area (Å²) in [5, 5.41) is 9.21. The minimum Gasteiger partial charge on any atom is -0.493 e. The lowest BCUT2D eigenvalue weighted by atomic mass is 10.1. The molecule has 0 atom stereocenters. The normalized spacial score (nSPS) is 10.6. The highest BCUT2D eigenvalue weighted by Gasteiger charge is 2.15. The molecule has 0 spiro atoms. The Morgan fingerprint density at radius 2 is 1.66 bits per heavy atom. The number of nitrogens with one attached hydrogen (secondary N) is 3. The van der Waals surface area contributed by atoms with Gasteiger partial charge >= 0.3 is 11.8 Å². The number of halogens is 1. The van der Waals surface area contributed by atoms with E-state index in [-0.39, 0.29) is 19.1 Å². The van der Waals surface area contributed by atoms with Gasteiger partial charge in [-0.25, -0.2) is 5.43 Å². The molecule has 0 saturated heterocycles. The van der Waals surface area contributed by atoms with E-state index in [9.17, 15) is 14.4 Å². The van der Waals surface area contributed by atoms with Crippen molar-refractivity contribution in [2.75, 3.05) is 19.0 Å². The van der Waals surface area contributed by atoms with Crippen molar-refractivity contribution in [2.24, 2.45) is 5.10 Å². The van der Waals surface area contributed by atoms with E-state index in [2.05, 4.69) is 50.7 Å². The molecule has 0 aromatic heterocycles. The third kappa shape index (κ3) is 8.58. The molecule has 0 saturated carbocycles. The lowest BCUT2D eigenvalue weighted by Gasteiger charge is -2.13. The summed E-state index contributed by atoms with van der Waals surface area (Å²) in [4.78, 5) is 36.4. The van der Waals surface area contributed by atoms with Crippen LogP contribution < -0.4 is 25.5 Å². The Labute approximate surface area is 235 Å². The summed E-state index contributed by atoms with van der Waals surface area (Å²) in [6.07, 6.45) is 2.30. The quantitative estimate of drug-likeness (QED) is 0.136. The number of anilines is 1. The number of hydrogen-bond acceptors (Lipinski definition) is 6. The average molecular weight is 628 g/mol. The first-order valence-corrected chi connectivity index (χ1v) is 12.9. The fraction of sp³-hybridized carbons (Fsp3) is 0.214. The van der Waals surface area contributed by atoms with E-state index in [1.165, 1.54) is 18.9 Å². The first-order valence-electron chi connectivity index (χ1n) is 11.8. The van der Waals surface area contributed by atoms with E-state index in [1.807, 2.05) is 55.5 Å². The second-order valence-electron chi connectivity index (χ2n) is 8.29. The molecule has 3 amide bonds. The third-order valence-corrected chi connectivity index (χ3v) is 6.21. The van der Waals surface area contributed by atoms with Gasteiger partial charge in [-0.3, -0.25) is 14.4 Å². The molecule has 3 aromatic carbocycles. The van der Waals surface area contributed by atoms with Gasteiger partial charge in [0.15, 0.2) is 18.1 Å². The van der Waals surface area contributed by atoms with Gasteiger partial charge in [0.05, 0.1) is 16.9 Å². The topological polar surface area (TPSA) is 118 Å². The van der Waals surface area contributed by atoms with Crippen molar-refractivity contribution in [2.45, 2.75) is 26.8 Å². The lowest BCUT2D eigenvalue weighted by Crippen LogP contribution is -2.37. The molecule has 0 fully saturated rings. The molecule has 3 aromatic rings.